The zero-order chi connectivity index (χ0) is 15.3. The standard InChI is InChI=1S/3C4H8O2/c1-4(6)2-3-5;2*1-3(5)4(2)6/h5H,2-3H2,1H3;2*3,5H,1-2H3. The van der Waals surface area contributed by atoms with Crippen molar-refractivity contribution in [2.24, 2.45) is 0 Å². The molecule has 0 rings (SSSR count). The van der Waals surface area contributed by atoms with Gasteiger partial charge < -0.3 is 15.3 Å². The Balaban J connectivity index is -0.000000187. The molecule has 0 aromatic carbocycles. The van der Waals surface area contributed by atoms with Gasteiger partial charge in [0.25, 0.3) is 0 Å². The van der Waals surface area contributed by atoms with Crippen molar-refractivity contribution in [2.75, 3.05) is 6.61 Å². The number of hydrogen-bond donors (Lipinski definition) is 3. The molecule has 3 N–H and O–H groups in total. The van der Waals surface area contributed by atoms with E-state index in [0.717, 1.165) is 0 Å². The molecule has 0 aliphatic heterocycles. The minimum Gasteiger partial charge on any atom is -0.396 e. The molecule has 0 aliphatic carbocycles. The third-order valence-electron chi connectivity index (χ3n) is 1.64. The summed E-state index contributed by atoms with van der Waals surface area (Å²) in [5, 5.41) is 24.6. The molecule has 0 fully saturated rings. The van der Waals surface area contributed by atoms with Crippen LogP contribution in [0.3, 0.4) is 0 Å². The third kappa shape index (κ3) is 29.4. The molecular formula is C12H24O6. The Labute approximate surface area is 108 Å². The third-order valence-corrected chi connectivity index (χ3v) is 1.64. The highest BCUT2D eigenvalue weighted by Crippen LogP contribution is 1.77. The lowest BCUT2D eigenvalue weighted by molar-refractivity contribution is -0.124. The van der Waals surface area contributed by atoms with Crippen LogP contribution >= 0.6 is 0 Å². The van der Waals surface area contributed by atoms with Crippen molar-refractivity contribution in [1.82, 2.24) is 0 Å². The first kappa shape index (κ1) is 22.1. The van der Waals surface area contributed by atoms with Crippen molar-refractivity contribution in [2.45, 2.75) is 53.2 Å². The van der Waals surface area contributed by atoms with Crippen molar-refractivity contribution in [3.8, 4) is 0 Å². The van der Waals surface area contributed by atoms with Crippen LogP contribution in [0.15, 0.2) is 0 Å². The Hall–Kier alpha value is -1.11. The molecule has 2 unspecified atom stereocenters. The maximum absolute atomic E-state index is 9.89. The van der Waals surface area contributed by atoms with E-state index in [4.69, 9.17) is 15.3 Å². The molecule has 0 aromatic heterocycles. The van der Waals surface area contributed by atoms with E-state index in [0.29, 0.717) is 6.42 Å². The highest BCUT2D eigenvalue weighted by molar-refractivity contribution is 5.79. The van der Waals surface area contributed by atoms with Crippen LogP contribution in [0.2, 0.25) is 0 Å². The van der Waals surface area contributed by atoms with E-state index in [1.807, 2.05) is 0 Å². The van der Waals surface area contributed by atoms with E-state index in [9.17, 15) is 14.4 Å². The smallest absolute Gasteiger partial charge is 0.157 e. The number of ketones is 3. The molecule has 0 aliphatic rings. The molecule has 0 radical (unpaired) electrons. The fourth-order valence-electron chi connectivity index (χ4n) is 0.157. The van der Waals surface area contributed by atoms with Gasteiger partial charge in [-0.05, 0) is 34.6 Å². The zero-order valence-electron chi connectivity index (χ0n) is 11.6. The highest BCUT2D eigenvalue weighted by Gasteiger charge is 1.97. The Morgan fingerprint density at radius 2 is 1.11 bits per heavy atom. The summed E-state index contributed by atoms with van der Waals surface area (Å²) in [5.74, 6) is -0.331. The maximum atomic E-state index is 9.89. The molecule has 0 amide bonds. The number of hydrogen-bond acceptors (Lipinski definition) is 6. The van der Waals surface area contributed by atoms with E-state index in [2.05, 4.69) is 0 Å². The molecule has 108 valence electrons. The van der Waals surface area contributed by atoms with Gasteiger partial charge in [0.1, 0.15) is 18.0 Å². The highest BCUT2D eigenvalue weighted by atomic mass is 16.3. The second-order valence-corrected chi connectivity index (χ2v) is 3.75. The van der Waals surface area contributed by atoms with Gasteiger partial charge in [-0.3, -0.25) is 14.4 Å². The van der Waals surface area contributed by atoms with Crippen LogP contribution < -0.4 is 0 Å². The summed E-state index contributed by atoms with van der Waals surface area (Å²) in [7, 11) is 0. The summed E-state index contributed by atoms with van der Waals surface area (Å²) in [5.41, 5.74) is 0. The molecule has 0 aromatic rings. The van der Waals surface area contributed by atoms with Gasteiger partial charge in [-0.15, -0.1) is 0 Å². The number of aliphatic hydroxyl groups excluding tert-OH is 3. The summed E-state index contributed by atoms with van der Waals surface area (Å²) in [6.07, 6.45) is -1.28. The average Bonchev–Trinajstić information content (AvgIpc) is 2.18. The van der Waals surface area contributed by atoms with Gasteiger partial charge >= 0.3 is 0 Å². The van der Waals surface area contributed by atoms with Crippen LogP contribution in [0.1, 0.15) is 41.0 Å². The second kappa shape index (κ2) is 14.0. The second-order valence-electron chi connectivity index (χ2n) is 3.75. The fourth-order valence-corrected chi connectivity index (χ4v) is 0.157. The van der Waals surface area contributed by atoms with Crippen molar-refractivity contribution in [1.29, 1.82) is 0 Å². The van der Waals surface area contributed by atoms with Gasteiger partial charge in [0, 0.05) is 13.0 Å². The number of carbonyl (C=O) groups excluding carboxylic acids is 3. The Morgan fingerprint density at radius 3 is 1.11 bits per heavy atom. The quantitative estimate of drug-likeness (QED) is 0.652. The number of carbonyl (C=O) groups is 3. The van der Waals surface area contributed by atoms with Gasteiger partial charge in [0.15, 0.2) is 11.6 Å². The maximum Gasteiger partial charge on any atom is 0.157 e. The van der Waals surface area contributed by atoms with E-state index in [-0.39, 0.29) is 24.0 Å². The average molecular weight is 264 g/mol. The number of Topliss-reactive ketones (excluding diaryl/α,β-unsaturated/α-hetero) is 3. The van der Waals surface area contributed by atoms with Gasteiger partial charge in [-0.2, -0.15) is 0 Å². The minimum absolute atomic E-state index is 0.0185. The fraction of sp³-hybridized carbons (Fsp3) is 0.750. The van der Waals surface area contributed by atoms with Crippen LogP contribution in [0.4, 0.5) is 0 Å². The van der Waals surface area contributed by atoms with Crippen molar-refractivity contribution >= 4 is 17.3 Å². The van der Waals surface area contributed by atoms with Gasteiger partial charge in [0.2, 0.25) is 0 Å². The minimum atomic E-state index is -0.787. The zero-order valence-corrected chi connectivity index (χ0v) is 11.6. The monoisotopic (exact) mass is 264 g/mol. The van der Waals surface area contributed by atoms with E-state index >= 15 is 0 Å². The summed E-state index contributed by atoms with van der Waals surface area (Å²) in [4.78, 5) is 29.7. The van der Waals surface area contributed by atoms with Crippen LogP contribution in [0.5, 0.6) is 0 Å². The molecule has 0 saturated carbocycles. The predicted octanol–water partition coefficient (Wildman–Crippen LogP) is -0.130. The first-order valence-electron chi connectivity index (χ1n) is 5.53. The van der Waals surface area contributed by atoms with E-state index in [1.54, 1.807) is 0 Å². The topological polar surface area (TPSA) is 112 Å². The van der Waals surface area contributed by atoms with Crippen molar-refractivity contribution in [3.05, 3.63) is 0 Å². The molecule has 18 heavy (non-hydrogen) atoms. The van der Waals surface area contributed by atoms with Crippen molar-refractivity contribution < 1.29 is 29.7 Å². The largest absolute Gasteiger partial charge is 0.396 e. The SMILES string of the molecule is CC(=O)C(C)O.CC(=O)C(C)O.CC(=O)CCO. The Bertz CT molecular complexity index is 227. The lowest BCUT2D eigenvalue weighted by Gasteiger charge is -1.90. The predicted molar refractivity (Wildman–Crippen MR) is 67.1 cm³/mol. The van der Waals surface area contributed by atoms with E-state index < -0.39 is 12.2 Å². The molecule has 0 heterocycles. The molecular weight excluding hydrogens is 240 g/mol. The molecule has 6 heteroatoms. The van der Waals surface area contributed by atoms with E-state index in [1.165, 1.54) is 34.6 Å². The Kier molecular flexibility index (Phi) is 17.1. The van der Waals surface area contributed by atoms with Crippen LogP contribution in [-0.4, -0.2) is 51.5 Å². The van der Waals surface area contributed by atoms with Gasteiger partial charge in [0.05, 0.1) is 0 Å². The molecule has 0 spiro atoms. The summed E-state index contributed by atoms with van der Waals surface area (Å²) < 4.78 is 0. The summed E-state index contributed by atoms with van der Waals surface area (Å²) in [6.45, 7) is 7.03. The molecule has 6 nitrogen and oxygen atoms in total. The lowest BCUT2D eigenvalue weighted by Crippen LogP contribution is -2.10. The molecule has 0 bridgehead atoms. The first-order valence-corrected chi connectivity index (χ1v) is 5.53. The molecule has 2 atom stereocenters. The van der Waals surface area contributed by atoms with Crippen molar-refractivity contribution in [3.63, 3.8) is 0 Å². The summed E-state index contributed by atoms with van der Waals surface area (Å²) in [6, 6.07) is 0. The first-order chi connectivity index (χ1) is 8.06. The lowest BCUT2D eigenvalue weighted by atomic mass is 10.3. The van der Waals surface area contributed by atoms with Crippen LogP contribution in [0, 0.1) is 0 Å². The Morgan fingerprint density at radius 1 is 0.889 bits per heavy atom. The van der Waals surface area contributed by atoms with Crippen LogP contribution in [-0.2, 0) is 14.4 Å². The van der Waals surface area contributed by atoms with Gasteiger partial charge in [-0.25, -0.2) is 0 Å². The van der Waals surface area contributed by atoms with Gasteiger partial charge in [-0.1, -0.05) is 0 Å². The van der Waals surface area contributed by atoms with Crippen LogP contribution in [0.25, 0.3) is 0 Å². The molecule has 0 saturated heterocycles. The normalized spacial score (nSPS) is 12.0. The number of rotatable bonds is 4. The summed E-state index contributed by atoms with van der Waals surface area (Å²) >= 11 is 0. The number of aliphatic hydroxyl groups is 3.